The number of hydrogen-bond donors (Lipinski definition) is 0. The molecule has 1 amide bonds. The van der Waals surface area contributed by atoms with Gasteiger partial charge < -0.3 is 4.90 Å². The van der Waals surface area contributed by atoms with E-state index in [1.807, 2.05) is 24.3 Å². The van der Waals surface area contributed by atoms with Crippen LogP contribution in [0, 0.1) is 0 Å². The number of piperidine rings is 1. The topological polar surface area (TPSA) is 38.1 Å². The second-order valence-electron chi connectivity index (χ2n) is 6.09. The molecule has 1 aromatic carbocycles. The van der Waals surface area contributed by atoms with Crippen molar-refractivity contribution in [2.75, 3.05) is 13.1 Å². The number of aryl methyl sites for hydroxylation is 2. The highest BCUT2D eigenvalue weighted by molar-refractivity contribution is 5.76. The van der Waals surface area contributed by atoms with Gasteiger partial charge in [-0.2, -0.15) is 5.10 Å². The first-order valence-corrected chi connectivity index (χ1v) is 8.02. The van der Waals surface area contributed by atoms with Crippen LogP contribution in [0.4, 0.5) is 0 Å². The predicted octanol–water partition coefficient (Wildman–Crippen LogP) is 2.76. The molecule has 2 aromatic rings. The smallest absolute Gasteiger partial charge is 0.222 e. The summed E-state index contributed by atoms with van der Waals surface area (Å²) in [5.41, 5.74) is 2.54. The highest BCUT2D eigenvalue weighted by Gasteiger charge is 2.23. The van der Waals surface area contributed by atoms with Crippen molar-refractivity contribution in [3.63, 3.8) is 0 Å². The Morgan fingerprint density at radius 3 is 2.59 bits per heavy atom. The number of rotatable bonds is 4. The molecule has 116 valence electrons. The van der Waals surface area contributed by atoms with Crippen molar-refractivity contribution in [3.05, 3.63) is 53.9 Å². The summed E-state index contributed by atoms with van der Waals surface area (Å²) in [6.07, 6.45) is 7.34. The van der Waals surface area contributed by atoms with Crippen LogP contribution in [0.1, 0.15) is 36.3 Å². The number of nitrogens with zero attached hydrogens (tertiary/aromatic N) is 3. The van der Waals surface area contributed by atoms with Gasteiger partial charge in [0.15, 0.2) is 0 Å². The minimum Gasteiger partial charge on any atom is -0.343 e. The Balaban J connectivity index is 1.47. The van der Waals surface area contributed by atoms with E-state index in [1.165, 1.54) is 5.56 Å². The standard InChI is InChI=1S/C18H23N3O/c1-20-14-15(13-19-20)7-8-18(22)21-11-9-17(10-12-21)16-5-3-2-4-6-16/h2-6,13-14,17H,7-12H2,1H3. The number of likely N-dealkylation sites (tertiary alicyclic amines) is 1. The van der Waals surface area contributed by atoms with Crippen LogP contribution < -0.4 is 0 Å². The molecule has 0 atom stereocenters. The number of aromatic nitrogens is 2. The molecule has 4 nitrogen and oxygen atoms in total. The van der Waals surface area contributed by atoms with Gasteiger partial charge in [0.05, 0.1) is 6.20 Å². The van der Waals surface area contributed by atoms with Gasteiger partial charge >= 0.3 is 0 Å². The molecule has 0 N–H and O–H groups in total. The Hall–Kier alpha value is -2.10. The summed E-state index contributed by atoms with van der Waals surface area (Å²) >= 11 is 0. The third-order valence-electron chi connectivity index (χ3n) is 4.50. The first kappa shape index (κ1) is 14.8. The van der Waals surface area contributed by atoms with Crippen molar-refractivity contribution < 1.29 is 4.79 Å². The molecule has 0 unspecified atom stereocenters. The van der Waals surface area contributed by atoms with Crippen molar-refractivity contribution in [1.29, 1.82) is 0 Å². The summed E-state index contributed by atoms with van der Waals surface area (Å²) in [5.74, 6) is 0.874. The van der Waals surface area contributed by atoms with E-state index in [0.717, 1.165) is 37.9 Å². The van der Waals surface area contributed by atoms with Crippen molar-refractivity contribution in [3.8, 4) is 0 Å². The third-order valence-corrected chi connectivity index (χ3v) is 4.50. The zero-order valence-corrected chi connectivity index (χ0v) is 13.1. The zero-order valence-electron chi connectivity index (χ0n) is 13.1. The third kappa shape index (κ3) is 3.56. The van der Waals surface area contributed by atoms with E-state index in [9.17, 15) is 4.79 Å². The number of amides is 1. The van der Waals surface area contributed by atoms with Crippen molar-refractivity contribution in [2.45, 2.75) is 31.6 Å². The Labute approximate surface area is 131 Å². The van der Waals surface area contributed by atoms with Gasteiger partial charge in [-0.15, -0.1) is 0 Å². The first-order valence-electron chi connectivity index (χ1n) is 8.02. The van der Waals surface area contributed by atoms with Crippen LogP contribution in [0.15, 0.2) is 42.7 Å². The second-order valence-corrected chi connectivity index (χ2v) is 6.09. The van der Waals surface area contributed by atoms with Gasteiger partial charge in [0.25, 0.3) is 0 Å². The molecule has 0 spiro atoms. The minimum absolute atomic E-state index is 0.273. The molecule has 0 saturated carbocycles. The quantitative estimate of drug-likeness (QED) is 0.870. The maximum atomic E-state index is 12.3. The molecule has 0 aliphatic carbocycles. The molecule has 0 radical (unpaired) electrons. The Morgan fingerprint density at radius 2 is 1.95 bits per heavy atom. The van der Waals surface area contributed by atoms with Crippen molar-refractivity contribution >= 4 is 5.91 Å². The molecule has 4 heteroatoms. The number of carbonyl (C=O) groups excluding carboxylic acids is 1. The lowest BCUT2D eigenvalue weighted by Gasteiger charge is -2.32. The zero-order chi connectivity index (χ0) is 15.4. The van der Waals surface area contributed by atoms with E-state index in [4.69, 9.17) is 0 Å². The molecule has 1 fully saturated rings. The van der Waals surface area contributed by atoms with Crippen LogP contribution in [0.5, 0.6) is 0 Å². The SMILES string of the molecule is Cn1cc(CCC(=O)N2CCC(c3ccccc3)CC2)cn1. The van der Waals surface area contributed by atoms with Gasteiger partial charge in [-0.05, 0) is 36.3 Å². The lowest BCUT2D eigenvalue weighted by Crippen LogP contribution is -2.38. The molecule has 1 aliphatic heterocycles. The number of benzene rings is 1. The Kier molecular flexibility index (Phi) is 4.56. The van der Waals surface area contributed by atoms with Crippen LogP contribution in [-0.4, -0.2) is 33.7 Å². The average molecular weight is 297 g/mol. The monoisotopic (exact) mass is 297 g/mol. The Bertz CT molecular complexity index is 612. The summed E-state index contributed by atoms with van der Waals surface area (Å²) in [6, 6.07) is 10.7. The molecule has 1 saturated heterocycles. The molecule has 0 bridgehead atoms. The Morgan fingerprint density at radius 1 is 1.23 bits per heavy atom. The fourth-order valence-electron chi connectivity index (χ4n) is 3.20. The van der Waals surface area contributed by atoms with Gasteiger partial charge in [-0.25, -0.2) is 0 Å². The fourth-order valence-corrected chi connectivity index (χ4v) is 3.20. The van der Waals surface area contributed by atoms with E-state index in [2.05, 4.69) is 35.4 Å². The minimum atomic E-state index is 0.273. The second kappa shape index (κ2) is 6.77. The van der Waals surface area contributed by atoms with Crippen LogP contribution in [0.3, 0.4) is 0 Å². The highest BCUT2D eigenvalue weighted by Crippen LogP contribution is 2.28. The first-order chi connectivity index (χ1) is 10.7. The molecule has 3 rings (SSSR count). The lowest BCUT2D eigenvalue weighted by atomic mass is 9.89. The highest BCUT2D eigenvalue weighted by atomic mass is 16.2. The van der Waals surface area contributed by atoms with Gasteiger partial charge in [-0.1, -0.05) is 30.3 Å². The molecule has 1 aliphatic rings. The van der Waals surface area contributed by atoms with E-state index >= 15 is 0 Å². The average Bonchev–Trinajstić information content (AvgIpc) is 2.99. The normalized spacial score (nSPS) is 16.0. The van der Waals surface area contributed by atoms with Gasteiger partial charge in [0.2, 0.25) is 5.91 Å². The van der Waals surface area contributed by atoms with E-state index in [-0.39, 0.29) is 5.91 Å². The van der Waals surface area contributed by atoms with Crippen LogP contribution in [-0.2, 0) is 18.3 Å². The fraction of sp³-hybridized carbons (Fsp3) is 0.444. The molecule has 1 aromatic heterocycles. The predicted molar refractivity (Wildman–Crippen MR) is 86.5 cm³/mol. The van der Waals surface area contributed by atoms with Gasteiger partial charge in [0.1, 0.15) is 0 Å². The summed E-state index contributed by atoms with van der Waals surface area (Å²) in [5, 5.41) is 4.14. The maximum absolute atomic E-state index is 12.3. The molecule has 22 heavy (non-hydrogen) atoms. The largest absolute Gasteiger partial charge is 0.343 e. The van der Waals surface area contributed by atoms with Crippen LogP contribution in [0.2, 0.25) is 0 Å². The van der Waals surface area contributed by atoms with E-state index in [1.54, 1.807) is 4.68 Å². The van der Waals surface area contributed by atoms with Crippen LogP contribution >= 0.6 is 0 Å². The van der Waals surface area contributed by atoms with Gasteiger partial charge in [-0.3, -0.25) is 9.48 Å². The van der Waals surface area contributed by atoms with Crippen LogP contribution in [0.25, 0.3) is 0 Å². The number of hydrogen-bond acceptors (Lipinski definition) is 2. The summed E-state index contributed by atoms with van der Waals surface area (Å²) in [6.45, 7) is 1.76. The molecular formula is C18H23N3O. The van der Waals surface area contributed by atoms with Gasteiger partial charge in [0, 0.05) is 32.8 Å². The molecular weight excluding hydrogens is 274 g/mol. The summed E-state index contributed by atoms with van der Waals surface area (Å²) in [7, 11) is 1.90. The van der Waals surface area contributed by atoms with Crippen molar-refractivity contribution in [1.82, 2.24) is 14.7 Å². The van der Waals surface area contributed by atoms with Crippen molar-refractivity contribution in [2.24, 2.45) is 7.05 Å². The van der Waals surface area contributed by atoms with E-state index < -0.39 is 0 Å². The summed E-state index contributed by atoms with van der Waals surface area (Å²) < 4.78 is 1.78. The maximum Gasteiger partial charge on any atom is 0.222 e. The van der Waals surface area contributed by atoms with E-state index in [0.29, 0.717) is 12.3 Å². The lowest BCUT2D eigenvalue weighted by molar-refractivity contribution is -0.132. The summed E-state index contributed by atoms with van der Waals surface area (Å²) in [4.78, 5) is 14.3. The molecule has 2 heterocycles. The number of carbonyl (C=O) groups is 1.